The molecule has 1 aromatic heterocycles. The highest BCUT2D eigenvalue weighted by atomic mass is 32.1. The van der Waals surface area contributed by atoms with E-state index in [1.54, 1.807) is 0 Å². The molecular formula is C18H23NO3S. The summed E-state index contributed by atoms with van der Waals surface area (Å²) < 4.78 is 5.59. The molecule has 0 spiro atoms. The molecule has 124 valence electrons. The van der Waals surface area contributed by atoms with Crippen LogP contribution in [0, 0.1) is 0 Å². The van der Waals surface area contributed by atoms with Gasteiger partial charge in [0.2, 0.25) is 0 Å². The number of ether oxygens (including phenoxy) is 1. The lowest BCUT2D eigenvalue weighted by atomic mass is 9.83. The van der Waals surface area contributed by atoms with Gasteiger partial charge in [-0.3, -0.25) is 9.69 Å². The third-order valence-corrected chi connectivity index (χ3v) is 5.21. The molecule has 0 aromatic carbocycles. The van der Waals surface area contributed by atoms with E-state index in [2.05, 4.69) is 6.08 Å². The molecule has 3 heterocycles. The van der Waals surface area contributed by atoms with Gasteiger partial charge in [0.1, 0.15) is 5.60 Å². The third-order valence-electron chi connectivity index (χ3n) is 4.35. The Labute approximate surface area is 141 Å². The largest absolute Gasteiger partial charge is 0.444 e. The predicted molar refractivity (Wildman–Crippen MR) is 91.8 cm³/mol. The molecule has 2 unspecified atom stereocenters. The second-order valence-corrected chi connectivity index (χ2v) is 8.23. The fourth-order valence-electron chi connectivity index (χ4n) is 3.43. The van der Waals surface area contributed by atoms with Crippen LogP contribution >= 0.6 is 11.3 Å². The number of nitrogens with zero attached hydrogens (tertiary/aromatic N) is 1. The van der Waals surface area contributed by atoms with Gasteiger partial charge in [-0.1, -0.05) is 6.08 Å². The van der Waals surface area contributed by atoms with Crippen molar-refractivity contribution in [2.75, 3.05) is 0 Å². The van der Waals surface area contributed by atoms with Crippen molar-refractivity contribution in [3.8, 4) is 0 Å². The summed E-state index contributed by atoms with van der Waals surface area (Å²) in [4.78, 5) is 26.1. The molecule has 2 aliphatic heterocycles. The number of amides is 1. The number of carbonyl (C=O) groups excluding carboxylic acids is 2. The second-order valence-electron chi connectivity index (χ2n) is 7.29. The molecule has 2 atom stereocenters. The Hall–Kier alpha value is -1.62. The lowest BCUT2D eigenvalue weighted by Crippen LogP contribution is -2.52. The molecule has 0 N–H and O–H groups in total. The Balaban J connectivity index is 1.84. The minimum Gasteiger partial charge on any atom is -0.444 e. The fraction of sp³-hybridized carbons (Fsp3) is 0.556. The summed E-state index contributed by atoms with van der Waals surface area (Å²) >= 11 is 1.47. The van der Waals surface area contributed by atoms with E-state index < -0.39 is 5.60 Å². The van der Waals surface area contributed by atoms with E-state index in [1.165, 1.54) is 16.9 Å². The number of rotatable bonds is 2. The highest BCUT2D eigenvalue weighted by molar-refractivity contribution is 7.11. The zero-order valence-corrected chi connectivity index (χ0v) is 14.7. The van der Waals surface area contributed by atoms with Crippen LogP contribution in [0.5, 0.6) is 0 Å². The van der Waals surface area contributed by atoms with Gasteiger partial charge < -0.3 is 4.74 Å². The summed E-state index contributed by atoms with van der Waals surface area (Å²) in [6, 6.07) is 2.25. The molecule has 0 radical (unpaired) electrons. The fourth-order valence-corrected chi connectivity index (χ4v) is 4.16. The standard InChI is InChI=1S/C18H23NO3S/c1-18(2,3)22-17(21)19-14-5-4-6-15(19)8-12(7-14)13-9-16(10-20)23-11-13/h7,9-11,14-15H,4-6,8H2,1-3H3. The molecule has 5 heteroatoms. The first kappa shape index (κ1) is 16.2. The molecule has 2 aliphatic rings. The van der Waals surface area contributed by atoms with Gasteiger partial charge in [0.15, 0.2) is 6.29 Å². The van der Waals surface area contributed by atoms with E-state index in [0.717, 1.165) is 42.4 Å². The zero-order valence-electron chi connectivity index (χ0n) is 13.9. The van der Waals surface area contributed by atoms with Crippen LogP contribution in [0.25, 0.3) is 5.57 Å². The predicted octanol–water partition coefficient (Wildman–Crippen LogP) is 4.51. The maximum Gasteiger partial charge on any atom is 0.411 e. The van der Waals surface area contributed by atoms with E-state index in [1.807, 2.05) is 37.1 Å². The summed E-state index contributed by atoms with van der Waals surface area (Å²) in [5, 5.41) is 2.04. The molecule has 1 fully saturated rings. The Morgan fingerprint density at radius 3 is 2.78 bits per heavy atom. The van der Waals surface area contributed by atoms with E-state index >= 15 is 0 Å². The van der Waals surface area contributed by atoms with Crippen LogP contribution in [0.4, 0.5) is 4.79 Å². The van der Waals surface area contributed by atoms with Gasteiger partial charge in [0.05, 0.1) is 10.9 Å². The van der Waals surface area contributed by atoms with E-state index in [0.29, 0.717) is 0 Å². The van der Waals surface area contributed by atoms with Gasteiger partial charge in [0.25, 0.3) is 0 Å². The summed E-state index contributed by atoms with van der Waals surface area (Å²) in [5.74, 6) is 0. The van der Waals surface area contributed by atoms with E-state index in [-0.39, 0.29) is 18.2 Å². The molecule has 4 nitrogen and oxygen atoms in total. The molecule has 1 aromatic rings. The number of aldehydes is 1. The van der Waals surface area contributed by atoms with Crippen molar-refractivity contribution in [1.82, 2.24) is 4.90 Å². The van der Waals surface area contributed by atoms with Crippen LogP contribution in [0.1, 0.15) is 61.7 Å². The number of thiophene rings is 1. The number of carbonyl (C=O) groups is 2. The van der Waals surface area contributed by atoms with Crippen LogP contribution in [0.15, 0.2) is 17.5 Å². The summed E-state index contributed by atoms with van der Waals surface area (Å²) in [6.45, 7) is 5.70. The van der Waals surface area contributed by atoms with Gasteiger partial charge in [-0.15, -0.1) is 11.3 Å². The van der Waals surface area contributed by atoms with Crippen LogP contribution < -0.4 is 0 Å². The first-order valence-electron chi connectivity index (χ1n) is 8.13. The topological polar surface area (TPSA) is 46.6 Å². The molecule has 2 bridgehead atoms. The maximum absolute atomic E-state index is 12.6. The monoisotopic (exact) mass is 333 g/mol. The summed E-state index contributed by atoms with van der Waals surface area (Å²) in [7, 11) is 0. The highest BCUT2D eigenvalue weighted by Gasteiger charge is 2.39. The van der Waals surface area contributed by atoms with Gasteiger partial charge in [-0.05, 0) is 69.0 Å². The van der Waals surface area contributed by atoms with Crippen LogP contribution in [-0.2, 0) is 4.74 Å². The molecule has 0 aliphatic carbocycles. The zero-order chi connectivity index (χ0) is 16.6. The smallest absolute Gasteiger partial charge is 0.411 e. The Morgan fingerprint density at radius 2 is 2.17 bits per heavy atom. The van der Waals surface area contributed by atoms with Gasteiger partial charge >= 0.3 is 6.09 Å². The van der Waals surface area contributed by atoms with Crippen molar-refractivity contribution < 1.29 is 14.3 Å². The SMILES string of the molecule is CC(C)(C)OC(=O)N1C2C=C(c3csc(C=O)c3)CC1CCC2. The molecule has 23 heavy (non-hydrogen) atoms. The average molecular weight is 333 g/mol. The first-order valence-corrected chi connectivity index (χ1v) is 9.01. The van der Waals surface area contributed by atoms with Crippen molar-refractivity contribution in [1.29, 1.82) is 0 Å². The Bertz CT molecular complexity index is 641. The lowest BCUT2D eigenvalue weighted by Gasteiger charge is -2.45. The summed E-state index contributed by atoms with van der Waals surface area (Å²) in [6.07, 6.45) is 6.84. The quantitative estimate of drug-likeness (QED) is 0.748. The van der Waals surface area contributed by atoms with Crippen molar-refractivity contribution in [2.45, 2.75) is 64.1 Å². The molecule has 0 saturated carbocycles. The average Bonchev–Trinajstić information content (AvgIpc) is 2.92. The second kappa shape index (κ2) is 6.11. The van der Waals surface area contributed by atoms with Crippen molar-refractivity contribution in [2.24, 2.45) is 0 Å². The van der Waals surface area contributed by atoms with Crippen LogP contribution in [0.2, 0.25) is 0 Å². The van der Waals surface area contributed by atoms with E-state index in [4.69, 9.17) is 4.74 Å². The first-order chi connectivity index (χ1) is 10.9. The number of fused-ring (bicyclic) bond motifs is 2. The van der Waals surface area contributed by atoms with Crippen molar-refractivity contribution >= 4 is 29.3 Å². The van der Waals surface area contributed by atoms with Gasteiger partial charge in [0, 0.05) is 6.04 Å². The minimum atomic E-state index is -0.471. The van der Waals surface area contributed by atoms with Gasteiger partial charge in [-0.2, -0.15) is 0 Å². The lowest BCUT2D eigenvalue weighted by molar-refractivity contribution is 0.0000818. The maximum atomic E-state index is 12.6. The third kappa shape index (κ3) is 3.50. The molecule has 1 amide bonds. The normalized spacial score (nSPS) is 24.1. The van der Waals surface area contributed by atoms with Gasteiger partial charge in [-0.25, -0.2) is 4.79 Å². The molecular weight excluding hydrogens is 310 g/mol. The molecule has 3 rings (SSSR count). The van der Waals surface area contributed by atoms with Crippen molar-refractivity contribution in [3.63, 3.8) is 0 Å². The highest BCUT2D eigenvalue weighted by Crippen LogP contribution is 2.38. The number of hydrogen-bond acceptors (Lipinski definition) is 4. The number of hydrogen-bond donors (Lipinski definition) is 0. The summed E-state index contributed by atoms with van der Waals surface area (Å²) in [5.41, 5.74) is 1.91. The Morgan fingerprint density at radius 1 is 1.39 bits per heavy atom. The minimum absolute atomic E-state index is 0.104. The number of piperidine rings is 1. The molecule has 1 saturated heterocycles. The Kier molecular flexibility index (Phi) is 4.32. The van der Waals surface area contributed by atoms with E-state index in [9.17, 15) is 9.59 Å². The van der Waals surface area contributed by atoms with Crippen LogP contribution in [-0.4, -0.2) is 35.0 Å². The van der Waals surface area contributed by atoms with Crippen molar-refractivity contribution in [3.05, 3.63) is 28.0 Å². The van der Waals surface area contributed by atoms with Crippen LogP contribution in [0.3, 0.4) is 0 Å².